The lowest BCUT2D eigenvalue weighted by atomic mass is 10.0. The number of benzene rings is 1. The minimum atomic E-state index is 0.821. The summed E-state index contributed by atoms with van der Waals surface area (Å²) in [7, 11) is 4.10. The molecule has 0 radical (unpaired) electrons. The van der Waals surface area contributed by atoms with Gasteiger partial charge in [0.2, 0.25) is 0 Å². The van der Waals surface area contributed by atoms with Crippen LogP contribution in [-0.4, -0.2) is 33.8 Å². The molecule has 17 heavy (non-hydrogen) atoms. The number of hydrogen-bond donors (Lipinski definition) is 0. The predicted molar refractivity (Wildman–Crippen MR) is 66.2 cm³/mol. The van der Waals surface area contributed by atoms with Crippen LogP contribution in [0.5, 0.6) is 0 Å². The van der Waals surface area contributed by atoms with Crippen molar-refractivity contribution in [1.29, 1.82) is 0 Å². The monoisotopic (exact) mass is 228 g/mol. The standard InChI is InChI=1S/C13H16N4/c1-16(2)9-13-15-14-12-8-7-10-5-3-4-6-11(10)17(12)13/h3-6H,7-9H2,1-2H3. The molecule has 88 valence electrons. The van der Waals surface area contributed by atoms with Crippen molar-refractivity contribution >= 4 is 0 Å². The van der Waals surface area contributed by atoms with Crippen molar-refractivity contribution in [2.75, 3.05) is 14.1 Å². The minimum Gasteiger partial charge on any atom is -0.302 e. The zero-order valence-corrected chi connectivity index (χ0v) is 10.2. The van der Waals surface area contributed by atoms with E-state index in [0.717, 1.165) is 31.0 Å². The third kappa shape index (κ3) is 1.74. The van der Waals surface area contributed by atoms with E-state index < -0.39 is 0 Å². The Bertz CT molecular complexity index is 542. The molecule has 4 heteroatoms. The summed E-state index contributed by atoms with van der Waals surface area (Å²) in [6, 6.07) is 8.52. The molecule has 3 rings (SSSR count). The predicted octanol–water partition coefficient (Wildman–Crippen LogP) is 1.43. The van der Waals surface area contributed by atoms with Gasteiger partial charge in [-0.1, -0.05) is 18.2 Å². The van der Waals surface area contributed by atoms with Gasteiger partial charge in [0, 0.05) is 6.42 Å². The lowest BCUT2D eigenvalue weighted by Crippen LogP contribution is -2.19. The van der Waals surface area contributed by atoms with Crippen LogP contribution >= 0.6 is 0 Å². The zero-order chi connectivity index (χ0) is 11.8. The number of para-hydroxylation sites is 1. The molecule has 2 heterocycles. The fraction of sp³-hybridized carbons (Fsp3) is 0.385. The Morgan fingerprint density at radius 1 is 1.18 bits per heavy atom. The lowest BCUT2D eigenvalue weighted by Gasteiger charge is -2.20. The van der Waals surface area contributed by atoms with E-state index >= 15 is 0 Å². The number of rotatable bonds is 2. The van der Waals surface area contributed by atoms with Crippen LogP contribution in [0, 0.1) is 0 Å². The van der Waals surface area contributed by atoms with Crippen LogP contribution in [0.1, 0.15) is 17.2 Å². The Kier molecular flexibility index (Phi) is 2.44. The molecule has 1 aromatic heterocycles. The van der Waals surface area contributed by atoms with E-state index in [0.29, 0.717) is 0 Å². The average Bonchev–Trinajstić information content (AvgIpc) is 2.72. The maximum absolute atomic E-state index is 4.31. The third-order valence-electron chi connectivity index (χ3n) is 3.11. The first kappa shape index (κ1) is 10.5. The van der Waals surface area contributed by atoms with Gasteiger partial charge in [0.1, 0.15) is 5.82 Å². The van der Waals surface area contributed by atoms with Gasteiger partial charge in [-0.05, 0) is 32.1 Å². The molecule has 0 spiro atoms. The minimum absolute atomic E-state index is 0.821. The van der Waals surface area contributed by atoms with E-state index in [1.807, 2.05) is 0 Å². The molecule has 0 aliphatic carbocycles. The molecule has 0 saturated heterocycles. The smallest absolute Gasteiger partial charge is 0.151 e. The highest BCUT2D eigenvalue weighted by Gasteiger charge is 2.20. The molecular weight excluding hydrogens is 212 g/mol. The molecule has 0 fully saturated rings. The largest absolute Gasteiger partial charge is 0.302 e. The topological polar surface area (TPSA) is 34.0 Å². The second-order valence-electron chi connectivity index (χ2n) is 4.73. The van der Waals surface area contributed by atoms with Gasteiger partial charge in [0.25, 0.3) is 0 Å². The van der Waals surface area contributed by atoms with Gasteiger partial charge in [0.05, 0.1) is 12.2 Å². The summed E-state index contributed by atoms with van der Waals surface area (Å²) in [6.45, 7) is 0.821. The molecular formula is C13H16N4. The Labute approximate surface area is 101 Å². The summed E-state index contributed by atoms with van der Waals surface area (Å²) < 4.78 is 2.21. The Balaban J connectivity index is 2.12. The quantitative estimate of drug-likeness (QED) is 0.779. The lowest BCUT2D eigenvalue weighted by molar-refractivity contribution is 0.386. The van der Waals surface area contributed by atoms with E-state index in [4.69, 9.17) is 0 Å². The van der Waals surface area contributed by atoms with E-state index in [-0.39, 0.29) is 0 Å². The van der Waals surface area contributed by atoms with Gasteiger partial charge in [-0.25, -0.2) is 0 Å². The van der Waals surface area contributed by atoms with Crippen molar-refractivity contribution in [3.63, 3.8) is 0 Å². The first-order chi connectivity index (χ1) is 8.25. The Hall–Kier alpha value is -1.68. The molecule has 1 aliphatic heterocycles. The average molecular weight is 228 g/mol. The Morgan fingerprint density at radius 3 is 2.82 bits per heavy atom. The van der Waals surface area contributed by atoms with Crippen LogP contribution in [0.4, 0.5) is 0 Å². The zero-order valence-electron chi connectivity index (χ0n) is 10.2. The van der Waals surface area contributed by atoms with Crippen LogP contribution in [0.15, 0.2) is 24.3 Å². The molecule has 1 aromatic carbocycles. The van der Waals surface area contributed by atoms with Gasteiger partial charge in [-0.3, -0.25) is 4.57 Å². The summed E-state index contributed by atoms with van der Waals surface area (Å²) in [5, 5.41) is 8.60. The van der Waals surface area contributed by atoms with Gasteiger partial charge in [-0.15, -0.1) is 10.2 Å². The highest BCUT2D eigenvalue weighted by Crippen LogP contribution is 2.24. The molecule has 0 N–H and O–H groups in total. The van der Waals surface area contributed by atoms with Crippen LogP contribution in [0.25, 0.3) is 5.69 Å². The van der Waals surface area contributed by atoms with Crippen molar-refractivity contribution in [3.05, 3.63) is 41.5 Å². The van der Waals surface area contributed by atoms with E-state index in [9.17, 15) is 0 Å². The van der Waals surface area contributed by atoms with Crippen LogP contribution < -0.4 is 0 Å². The highest BCUT2D eigenvalue weighted by molar-refractivity contribution is 5.45. The van der Waals surface area contributed by atoms with Crippen molar-refractivity contribution in [1.82, 2.24) is 19.7 Å². The summed E-state index contributed by atoms with van der Waals surface area (Å²) in [5.41, 5.74) is 2.63. The van der Waals surface area contributed by atoms with E-state index in [1.165, 1.54) is 11.3 Å². The van der Waals surface area contributed by atoms with Crippen molar-refractivity contribution in [2.24, 2.45) is 0 Å². The third-order valence-corrected chi connectivity index (χ3v) is 3.11. The highest BCUT2D eigenvalue weighted by atomic mass is 15.3. The fourth-order valence-corrected chi connectivity index (χ4v) is 2.37. The van der Waals surface area contributed by atoms with Crippen LogP contribution in [-0.2, 0) is 19.4 Å². The van der Waals surface area contributed by atoms with Gasteiger partial charge < -0.3 is 4.90 Å². The molecule has 1 aliphatic rings. The first-order valence-electron chi connectivity index (χ1n) is 5.92. The van der Waals surface area contributed by atoms with E-state index in [2.05, 4.69) is 58.0 Å². The summed E-state index contributed by atoms with van der Waals surface area (Å²) >= 11 is 0. The Morgan fingerprint density at radius 2 is 2.00 bits per heavy atom. The number of fused-ring (bicyclic) bond motifs is 3. The summed E-state index contributed by atoms with van der Waals surface area (Å²) in [4.78, 5) is 2.12. The molecule has 0 unspecified atom stereocenters. The maximum atomic E-state index is 4.31. The normalized spacial score (nSPS) is 13.6. The summed E-state index contributed by atoms with van der Waals surface area (Å²) in [5.74, 6) is 2.11. The van der Waals surface area contributed by atoms with Crippen LogP contribution in [0.3, 0.4) is 0 Å². The number of aromatic nitrogens is 3. The van der Waals surface area contributed by atoms with Crippen molar-refractivity contribution in [3.8, 4) is 5.69 Å². The maximum Gasteiger partial charge on any atom is 0.151 e. The molecule has 0 saturated carbocycles. The number of hydrogen-bond acceptors (Lipinski definition) is 3. The molecule has 0 bridgehead atoms. The second-order valence-corrected chi connectivity index (χ2v) is 4.73. The molecule has 0 atom stereocenters. The number of aryl methyl sites for hydroxylation is 2. The first-order valence-corrected chi connectivity index (χ1v) is 5.92. The fourth-order valence-electron chi connectivity index (χ4n) is 2.37. The van der Waals surface area contributed by atoms with Gasteiger partial charge in [-0.2, -0.15) is 0 Å². The van der Waals surface area contributed by atoms with Gasteiger partial charge in [0.15, 0.2) is 5.82 Å². The van der Waals surface area contributed by atoms with Crippen molar-refractivity contribution < 1.29 is 0 Å². The van der Waals surface area contributed by atoms with E-state index in [1.54, 1.807) is 0 Å². The molecule has 4 nitrogen and oxygen atoms in total. The SMILES string of the molecule is CN(C)Cc1nnc2n1-c1ccccc1CC2. The molecule has 2 aromatic rings. The second kappa shape index (κ2) is 3.96. The number of nitrogens with zero attached hydrogens (tertiary/aromatic N) is 4. The van der Waals surface area contributed by atoms with Gasteiger partial charge >= 0.3 is 0 Å². The van der Waals surface area contributed by atoms with Crippen molar-refractivity contribution in [2.45, 2.75) is 19.4 Å². The summed E-state index contributed by atoms with van der Waals surface area (Å²) in [6.07, 6.45) is 2.05. The van der Waals surface area contributed by atoms with Crippen LogP contribution in [0.2, 0.25) is 0 Å². The molecule has 0 amide bonds.